The average Bonchev–Trinajstić information content (AvgIpc) is 2.98. The molecule has 204 valence electrons. The lowest BCUT2D eigenvalue weighted by atomic mass is 10.1. The van der Waals surface area contributed by atoms with E-state index in [0.29, 0.717) is 30.1 Å². The predicted octanol–water partition coefficient (Wildman–Crippen LogP) is 7.87. The number of aliphatic imine (C=N–C) groups is 1. The molecule has 0 aromatic heterocycles. The van der Waals surface area contributed by atoms with Crippen LogP contribution in [-0.4, -0.2) is 31.4 Å². The van der Waals surface area contributed by atoms with E-state index in [1.807, 2.05) is 72.8 Å². The van der Waals surface area contributed by atoms with Gasteiger partial charge in [-0.05, 0) is 110 Å². The van der Waals surface area contributed by atoms with Gasteiger partial charge in [-0.3, -0.25) is 4.99 Å². The molecule has 0 N–H and O–H groups in total. The van der Waals surface area contributed by atoms with Crippen molar-refractivity contribution in [1.29, 1.82) is 0 Å². The molecule has 0 aliphatic rings. The standard InChI is InChI=1S/C34H33NO5/c1-25(2)33(36)39-22-8-4-3-7-21-38-31-17-11-26(12-18-31)24-35-30-15-19-32(20-16-30)40-34(37)29-14-13-27-9-5-6-10-28(27)23-29/h5-6,9-20,23-24H,1,3-4,7-8,21-22H2,2H3. The van der Waals surface area contributed by atoms with Gasteiger partial charge in [-0.2, -0.15) is 0 Å². The van der Waals surface area contributed by atoms with Gasteiger partial charge in [0.15, 0.2) is 0 Å². The molecular formula is C34H33NO5. The van der Waals surface area contributed by atoms with Gasteiger partial charge in [-0.25, -0.2) is 9.59 Å². The van der Waals surface area contributed by atoms with Gasteiger partial charge < -0.3 is 14.2 Å². The number of ether oxygens (including phenoxy) is 3. The normalized spacial score (nSPS) is 10.9. The van der Waals surface area contributed by atoms with Gasteiger partial charge in [-0.1, -0.05) is 36.9 Å². The first kappa shape index (κ1) is 28.3. The summed E-state index contributed by atoms with van der Waals surface area (Å²) in [5.74, 6) is 0.548. The number of unbranched alkanes of at least 4 members (excludes halogenated alkanes) is 3. The van der Waals surface area contributed by atoms with E-state index in [-0.39, 0.29) is 5.97 Å². The van der Waals surface area contributed by atoms with E-state index >= 15 is 0 Å². The second-order valence-corrected chi connectivity index (χ2v) is 9.45. The lowest BCUT2D eigenvalue weighted by molar-refractivity contribution is -0.139. The Labute approximate surface area is 234 Å². The number of esters is 2. The van der Waals surface area contributed by atoms with E-state index in [1.54, 1.807) is 31.3 Å². The highest BCUT2D eigenvalue weighted by atomic mass is 16.5. The SMILES string of the molecule is C=C(C)C(=O)OCCCCCCOc1ccc(C=Nc2ccc(OC(=O)c3ccc4ccccc4c3)cc2)cc1. The molecule has 0 saturated heterocycles. The van der Waals surface area contributed by atoms with E-state index in [4.69, 9.17) is 14.2 Å². The zero-order valence-corrected chi connectivity index (χ0v) is 22.7. The van der Waals surface area contributed by atoms with Crippen LogP contribution < -0.4 is 9.47 Å². The first-order chi connectivity index (χ1) is 19.5. The molecule has 6 nitrogen and oxygen atoms in total. The van der Waals surface area contributed by atoms with Crippen molar-refractivity contribution in [1.82, 2.24) is 0 Å². The Hall–Kier alpha value is -4.71. The first-order valence-electron chi connectivity index (χ1n) is 13.4. The van der Waals surface area contributed by atoms with Gasteiger partial charge in [0.25, 0.3) is 0 Å². The van der Waals surface area contributed by atoms with Crippen LogP contribution in [0.2, 0.25) is 0 Å². The third-order valence-corrected chi connectivity index (χ3v) is 6.16. The van der Waals surface area contributed by atoms with Crippen LogP contribution in [0.15, 0.2) is 108 Å². The Morgan fingerprint density at radius 2 is 1.45 bits per heavy atom. The first-order valence-corrected chi connectivity index (χ1v) is 13.4. The Morgan fingerprint density at radius 1 is 0.775 bits per heavy atom. The van der Waals surface area contributed by atoms with Gasteiger partial charge >= 0.3 is 11.9 Å². The highest BCUT2D eigenvalue weighted by Crippen LogP contribution is 2.21. The maximum atomic E-state index is 12.6. The zero-order valence-electron chi connectivity index (χ0n) is 22.7. The molecule has 0 amide bonds. The summed E-state index contributed by atoms with van der Waals surface area (Å²) in [6.45, 7) is 6.28. The number of hydrogen-bond acceptors (Lipinski definition) is 6. The summed E-state index contributed by atoms with van der Waals surface area (Å²) in [4.78, 5) is 28.4. The molecule has 0 aliphatic heterocycles. The molecule has 0 bridgehead atoms. The van der Waals surface area contributed by atoms with Crippen molar-refractivity contribution in [2.75, 3.05) is 13.2 Å². The highest BCUT2D eigenvalue weighted by Gasteiger charge is 2.09. The minimum atomic E-state index is -0.397. The Kier molecular flexibility index (Phi) is 10.2. The molecule has 40 heavy (non-hydrogen) atoms. The molecule has 0 spiro atoms. The zero-order chi connectivity index (χ0) is 28.2. The Balaban J connectivity index is 1.17. The van der Waals surface area contributed by atoms with Crippen LogP contribution in [0.25, 0.3) is 10.8 Å². The fourth-order valence-electron chi connectivity index (χ4n) is 3.92. The van der Waals surface area contributed by atoms with Gasteiger partial charge in [0, 0.05) is 11.8 Å². The Morgan fingerprint density at radius 3 is 2.17 bits per heavy atom. The topological polar surface area (TPSA) is 74.2 Å². The maximum Gasteiger partial charge on any atom is 0.343 e. The van der Waals surface area contributed by atoms with Gasteiger partial charge in [0.2, 0.25) is 0 Å². The number of carbonyl (C=O) groups excluding carboxylic acids is 2. The summed E-state index contributed by atoms with van der Waals surface area (Å²) in [6, 6.07) is 28.2. The fraction of sp³-hybridized carbons (Fsp3) is 0.206. The molecule has 0 atom stereocenters. The van der Waals surface area contributed by atoms with Crippen LogP contribution in [0.3, 0.4) is 0 Å². The second-order valence-electron chi connectivity index (χ2n) is 9.45. The summed E-state index contributed by atoms with van der Waals surface area (Å²) in [5, 5.41) is 2.07. The largest absolute Gasteiger partial charge is 0.494 e. The molecule has 4 aromatic carbocycles. The third kappa shape index (κ3) is 8.67. The molecule has 0 fully saturated rings. The Bertz CT molecular complexity index is 1470. The minimum Gasteiger partial charge on any atom is -0.494 e. The third-order valence-electron chi connectivity index (χ3n) is 6.16. The lowest BCUT2D eigenvalue weighted by Gasteiger charge is -2.07. The van der Waals surface area contributed by atoms with Crippen molar-refractivity contribution >= 4 is 34.6 Å². The summed E-state index contributed by atoms with van der Waals surface area (Å²) >= 11 is 0. The van der Waals surface area contributed by atoms with Crippen LogP contribution in [0, 0.1) is 0 Å². The maximum absolute atomic E-state index is 12.6. The summed E-state index contributed by atoms with van der Waals surface area (Å²) in [7, 11) is 0. The molecule has 0 saturated carbocycles. The minimum absolute atomic E-state index is 0.328. The van der Waals surface area contributed by atoms with E-state index in [9.17, 15) is 9.59 Å². The van der Waals surface area contributed by atoms with Crippen molar-refractivity contribution in [3.63, 3.8) is 0 Å². The molecule has 0 radical (unpaired) electrons. The van der Waals surface area contributed by atoms with E-state index in [1.165, 1.54) is 0 Å². The number of benzene rings is 4. The second kappa shape index (κ2) is 14.4. The number of rotatable bonds is 13. The molecule has 4 aromatic rings. The monoisotopic (exact) mass is 535 g/mol. The van der Waals surface area contributed by atoms with E-state index in [0.717, 1.165) is 53.5 Å². The lowest BCUT2D eigenvalue weighted by Crippen LogP contribution is -2.08. The van der Waals surface area contributed by atoms with Crippen LogP contribution in [0.4, 0.5) is 5.69 Å². The summed E-state index contributed by atoms with van der Waals surface area (Å²) < 4.78 is 16.4. The summed E-state index contributed by atoms with van der Waals surface area (Å²) in [5.41, 5.74) is 2.63. The van der Waals surface area contributed by atoms with Crippen LogP contribution in [-0.2, 0) is 9.53 Å². The van der Waals surface area contributed by atoms with Crippen molar-refractivity contribution in [3.05, 3.63) is 114 Å². The van der Waals surface area contributed by atoms with Crippen molar-refractivity contribution in [2.24, 2.45) is 4.99 Å². The average molecular weight is 536 g/mol. The number of hydrogen-bond donors (Lipinski definition) is 0. The van der Waals surface area contributed by atoms with Crippen LogP contribution in [0.5, 0.6) is 11.5 Å². The molecular weight excluding hydrogens is 502 g/mol. The predicted molar refractivity (Wildman–Crippen MR) is 159 cm³/mol. The number of nitrogens with zero attached hydrogens (tertiary/aromatic N) is 1. The van der Waals surface area contributed by atoms with E-state index < -0.39 is 5.97 Å². The molecule has 4 rings (SSSR count). The molecule has 0 heterocycles. The fourth-order valence-corrected chi connectivity index (χ4v) is 3.92. The molecule has 0 unspecified atom stereocenters. The van der Waals surface area contributed by atoms with Crippen molar-refractivity contribution in [3.8, 4) is 11.5 Å². The van der Waals surface area contributed by atoms with Gasteiger partial charge in [0.1, 0.15) is 11.5 Å². The van der Waals surface area contributed by atoms with Crippen LogP contribution >= 0.6 is 0 Å². The van der Waals surface area contributed by atoms with Gasteiger partial charge in [0.05, 0.1) is 24.5 Å². The highest BCUT2D eigenvalue weighted by molar-refractivity contribution is 5.96. The summed E-state index contributed by atoms with van der Waals surface area (Å²) in [6.07, 6.45) is 5.55. The molecule has 0 aliphatic carbocycles. The number of fused-ring (bicyclic) bond motifs is 1. The number of carbonyl (C=O) groups is 2. The smallest absolute Gasteiger partial charge is 0.343 e. The van der Waals surface area contributed by atoms with Crippen LogP contribution in [0.1, 0.15) is 48.5 Å². The van der Waals surface area contributed by atoms with E-state index in [2.05, 4.69) is 11.6 Å². The van der Waals surface area contributed by atoms with Gasteiger partial charge in [-0.15, -0.1) is 0 Å². The van der Waals surface area contributed by atoms with Crippen molar-refractivity contribution in [2.45, 2.75) is 32.6 Å². The quantitative estimate of drug-likeness (QED) is 0.0573. The molecule has 6 heteroatoms. The van der Waals surface area contributed by atoms with Crippen molar-refractivity contribution < 1.29 is 23.8 Å².